The summed E-state index contributed by atoms with van der Waals surface area (Å²) in [5, 5.41) is 4.46. The van der Waals surface area contributed by atoms with E-state index in [1.807, 2.05) is 20.9 Å². The molecule has 4 rings (SSSR count). The van der Waals surface area contributed by atoms with Gasteiger partial charge in [0.2, 0.25) is 10.0 Å². The SMILES string of the molecule is [2H]C(CC1CCCN1C)NS(=O)(=O)c1ccc(OCCC)c(-c2nc3c(CCC)nn(C)c3c(=O)[nH]2)c1. The van der Waals surface area contributed by atoms with Gasteiger partial charge in [0, 0.05) is 21.0 Å². The average molecular weight is 518 g/mol. The van der Waals surface area contributed by atoms with Crippen molar-refractivity contribution in [3.63, 3.8) is 0 Å². The zero-order valence-corrected chi connectivity index (χ0v) is 22.2. The summed E-state index contributed by atoms with van der Waals surface area (Å²) in [6, 6.07) is 4.66. The van der Waals surface area contributed by atoms with E-state index in [4.69, 9.17) is 11.1 Å². The number of fused-ring (bicyclic) bond motifs is 1. The Morgan fingerprint density at radius 1 is 1.28 bits per heavy atom. The van der Waals surface area contributed by atoms with E-state index in [1.165, 1.54) is 16.8 Å². The van der Waals surface area contributed by atoms with Crippen LogP contribution in [0, 0.1) is 0 Å². The van der Waals surface area contributed by atoms with Crippen molar-refractivity contribution in [2.24, 2.45) is 7.05 Å². The second-order valence-electron chi connectivity index (χ2n) is 9.28. The Hall–Kier alpha value is -2.76. The molecule has 0 saturated carbocycles. The van der Waals surface area contributed by atoms with Crippen LogP contribution in [0.1, 0.15) is 53.0 Å². The quantitative estimate of drug-likeness (QED) is 0.401. The van der Waals surface area contributed by atoms with Crippen molar-refractivity contribution >= 4 is 21.1 Å². The molecule has 1 aliphatic heterocycles. The van der Waals surface area contributed by atoms with Gasteiger partial charge in [-0.05, 0) is 63.9 Å². The molecule has 2 aromatic heterocycles. The van der Waals surface area contributed by atoms with Gasteiger partial charge < -0.3 is 14.6 Å². The van der Waals surface area contributed by atoms with Gasteiger partial charge in [-0.15, -0.1) is 0 Å². The first-order chi connectivity index (χ1) is 17.6. The van der Waals surface area contributed by atoms with E-state index >= 15 is 0 Å². The van der Waals surface area contributed by atoms with Crippen LogP contribution in [-0.4, -0.2) is 65.8 Å². The van der Waals surface area contributed by atoms with E-state index in [2.05, 4.69) is 19.7 Å². The van der Waals surface area contributed by atoms with Gasteiger partial charge in [0.25, 0.3) is 5.56 Å². The number of hydrogen-bond acceptors (Lipinski definition) is 7. The molecule has 2 N–H and O–H groups in total. The topological polar surface area (TPSA) is 122 Å². The Labute approximate surface area is 213 Å². The standard InChI is InChI=1S/C25H36N6O4S/c1-5-8-20-22-23(31(4)29-20)25(32)28-24(27-22)19-16-18(10-11-21(19)35-15-6-2)36(33,34)26-13-12-17-9-7-14-30(17)3/h10-11,16-17,26H,5-9,12-15H2,1-4H3,(H,27,28,32)/i13D. The van der Waals surface area contributed by atoms with Crippen LogP contribution >= 0.6 is 0 Å². The Morgan fingerprint density at radius 2 is 2.08 bits per heavy atom. The first-order valence-electron chi connectivity index (χ1n) is 13.1. The number of sulfonamides is 1. The van der Waals surface area contributed by atoms with Gasteiger partial charge in [-0.1, -0.05) is 20.3 Å². The number of ether oxygens (including phenoxy) is 1. The second-order valence-corrected chi connectivity index (χ2v) is 11.0. The molecule has 196 valence electrons. The lowest BCUT2D eigenvalue weighted by Gasteiger charge is -2.19. The largest absolute Gasteiger partial charge is 0.493 e. The predicted octanol–water partition coefficient (Wildman–Crippen LogP) is 2.83. The van der Waals surface area contributed by atoms with Gasteiger partial charge >= 0.3 is 0 Å². The van der Waals surface area contributed by atoms with Crippen molar-refractivity contribution in [3.8, 4) is 17.1 Å². The Bertz CT molecular complexity index is 1420. The number of aryl methyl sites for hydroxylation is 2. The highest BCUT2D eigenvalue weighted by Crippen LogP contribution is 2.31. The second kappa shape index (κ2) is 11.1. The average Bonchev–Trinajstić information content (AvgIpc) is 3.39. The van der Waals surface area contributed by atoms with Crippen molar-refractivity contribution in [1.82, 2.24) is 29.4 Å². The van der Waals surface area contributed by atoms with Crippen LogP contribution in [0.25, 0.3) is 22.4 Å². The molecule has 0 aliphatic carbocycles. The molecule has 36 heavy (non-hydrogen) atoms. The van der Waals surface area contributed by atoms with Crippen LogP contribution in [0.2, 0.25) is 0 Å². The van der Waals surface area contributed by atoms with Gasteiger partial charge in [0.1, 0.15) is 17.1 Å². The number of benzene rings is 1. The molecule has 10 nitrogen and oxygen atoms in total. The van der Waals surface area contributed by atoms with Crippen LogP contribution in [-0.2, 0) is 23.5 Å². The minimum atomic E-state index is -4.00. The molecule has 2 unspecified atom stereocenters. The lowest BCUT2D eigenvalue weighted by Crippen LogP contribution is -2.31. The maximum atomic E-state index is 13.2. The fourth-order valence-electron chi connectivity index (χ4n) is 4.62. The molecule has 3 aromatic rings. The first-order valence-corrected chi connectivity index (χ1v) is 14.0. The van der Waals surface area contributed by atoms with E-state index in [-0.39, 0.29) is 22.3 Å². The number of aromatic nitrogens is 4. The molecule has 0 bridgehead atoms. The van der Waals surface area contributed by atoms with Gasteiger partial charge in [-0.3, -0.25) is 9.48 Å². The van der Waals surface area contributed by atoms with Crippen LogP contribution in [0.3, 0.4) is 0 Å². The zero-order chi connectivity index (χ0) is 26.7. The number of aromatic amines is 1. The number of H-pyrrole nitrogens is 1. The minimum absolute atomic E-state index is 0.0221. The van der Waals surface area contributed by atoms with Crippen LogP contribution in [0.15, 0.2) is 27.9 Å². The Morgan fingerprint density at radius 3 is 2.78 bits per heavy atom. The number of nitrogens with one attached hydrogen (secondary N) is 2. The van der Waals surface area contributed by atoms with Gasteiger partial charge in [-0.25, -0.2) is 18.1 Å². The van der Waals surface area contributed by atoms with Gasteiger partial charge in [0.05, 0.1) is 22.8 Å². The van der Waals surface area contributed by atoms with Crippen LogP contribution in [0.5, 0.6) is 5.75 Å². The summed E-state index contributed by atoms with van der Waals surface area (Å²) in [7, 11) is -0.299. The number of rotatable bonds is 11. The lowest BCUT2D eigenvalue weighted by molar-refractivity contribution is 0.297. The first kappa shape index (κ1) is 24.9. The van der Waals surface area contributed by atoms with Crippen LogP contribution < -0.4 is 15.0 Å². The van der Waals surface area contributed by atoms with Gasteiger partial charge in [-0.2, -0.15) is 5.10 Å². The fraction of sp³-hybridized carbons (Fsp3) is 0.560. The molecule has 3 heterocycles. The maximum Gasteiger partial charge on any atom is 0.277 e. The molecule has 11 heteroatoms. The van der Waals surface area contributed by atoms with Crippen molar-refractivity contribution in [3.05, 3.63) is 34.2 Å². The third kappa shape index (κ3) is 5.47. The highest BCUT2D eigenvalue weighted by Gasteiger charge is 2.23. The fourth-order valence-corrected chi connectivity index (χ4v) is 5.59. The Kier molecular flexibility index (Phi) is 7.68. The highest BCUT2D eigenvalue weighted by atomic mass is 32.2. The molecule has 1 fully saturated rings. The molecule has 0 amide bonds. The summed E-state index contributed by atoms with van der Waals surface area (Å²) < 4.78 is 44.7. The molecular weight excluding hydrogens is 480 g/mol. The molecule has 0 radical (unpaired) electrons. The number of hydrogen-bond donors (Lipinski definition) is 2. The lowest BCUT2D eigenvalue weighted by atomic mass is 10.1. The number of likely N-dealkylation sites (tertiary alicyclic amines) is 1. The van der Waals surface area contributed by atoms with E-state index in [0.717, 1.165) is 32.2 Å². The van der Waals surface area contributed by atoms with Crippen LogP contribution in [0.4, 0.5) is 0 Å². The molecule has 1 aliphatic rings. The maximum absolute atomic E-state index is 13.2. The summed E-state index contributed by atoms with van der Waals surface area (Å²) >= 11 is 0. The summed E-state index contributed by atoms with van der Waals surface area (Å²) in [5.41, 5.74) is 1.56. The third-order valence-electron chi connectivity index (χ3n) is 6.53. The third-order valence-corrected chi connectivity index (χ3v) is 7.88. The monoisotopic (exact) mass is 517 g/mol. The molecule has 1 aromatic carbocycles. The molecule has 0 spiro atoms. The molecule has 1 saturated heterocycles. The Balaban J connectivity index is 1.73. The summed E-state index contributed by atoms with van der Waals surface area (Å²) in [4.78, 5) is 22.6. The van der Waals surface area contributed by atoms with E-state index in [0.29, 0.717) is 47.5 Å². The van der Waals surface area contributed by atoms with Gasteiger partial charge in [0.15, 0.2) is 5.52 Å². The zero-order valence-electron chi connectivity index (χ0n) is 22.4. The summed E-state index contributed by atoms with van der Waals surface area (Å²) in [6.07, 6.45) is 4.67. The van der Waals surface area contributed by atoms with E-state index in [1.54, 1.807) is 13.1 Å². The predicted molar refractivity (Wildman–Crippen MR) is 140 cm³/mol. The van der Waals surface area contributed by atoms with Crippen molar-refractivity contribution in [1.29, 1.82) is 0 Å². The van der Waals surface area contributed by atoms with Crippen molar-refractivity contribution in [2.45, 2.75) is 63.3 Å². The summed E-state index contributed by atoms with van der Waals surface area (Å²) in [6.45, 7) is 4.39. The highest BCUT2D eigenvalue weighted by molar-refractivity contribution is 7.89. The summed E-state index contributed by atoms with van der Waals surface area (Å²) in [5.74, 6) is 0.625. The number of nitrogens with zero attached hydrogens (tertiary/aromatic N) is 4. The molecule has 2 atom stereocenters. The van der Waals surface area contributed by atoms with Crippen molar-refractivity contribution < 1.29 is 14.5 Å². The normalized spacial score (nSPS) is 18.0. The smallest absolute Gasteiger partial charge is 0.277 e. The molecular formula is C25H36N6O4S. The van der Waals surface area contributed by atoms with Crippen molar-refractivity contribution in [2.75, 3.05) is 26.7 Å². The van der Waals surface area contributed by atoms with E-state index in [9.17, 15) is 13.2 Å². The van der Waals surface area contributed by atoms with E-state index < -0.39 is 16.5 Å². The minimum Gasteiger partial charge on any atom is -0.493 e.